The molecule has 1 fully saturated rings. The number of hydrogen-bond acceptors (Lipinski definition) is 6. The van der Waals surface area contributed by atoms with Crippen molar-refractivity contribution in [1.29, 1.82) is 10.7 Å². The van der Waals surface area contributed by atoms with E-state index in [4.69, 9.17) is 22.0 Å². The number of aryl methyl sites for hydroxylation is 1. The summed E-state index contributed by atoms with van der Waals surface area (Å²) in [5.41, 5.74) is 6.02. The number of piperazine rings is 1. The zero-order chi connectivity index (χ0) is 24.8. The van der Waals surface area contributed by atoms with Gasteiger partial charge in [-0.1, -0.05) is 29.8 Å². The van der Waals surface area contributed by atoms with Crippen LogP contribution >= 0.6 is 11.6 Å². The molecule has 8 nitrogen and oxygen atoms in total. The van der Waals surface area contributed by atoms with Crippen LogP contribution in [0.3, 0.4) is 0 Å². The molecular weight excluding hydrogens is 472 g/mol. The minimum absolute atomic E-state index is 0.275. The van der Waals surface area contributed by atoms with Gasteiger partial charge in [-0.2, -0.15) is 5.26 Å². The highest BCUT2D eigenvalue weighted by Crippen LogP contribution is 2.31. The van der Waals surface area contributed by atoms with Crippen molar-refractivity contribution in [3.8, 4) is 22.9 Å². The van der Waals surface area contributed by atoms with E-state index < -0.39 is 0 Å². The Morgan fingerprint density at radius 1 is 1.00 bits per heavy atom. The van der Waals surface area contributed by atoms with Gasteiger partial charge in [0.15, 0.2) is 0 Å². The van der Waals surface area contributed by atoms with E-state index in [9.17, 15) is 5.26 Å². The zero-order valence-electron chi connectivity index (χ0n) is 19.7. The number of halogens is 1. The van der Waals surface area contributed by atoms with Crippen LogP contribution in [0, 0.1) is 16.7 Å². The number of nitriles is 1. The van der Waals surface area contributed by atoms with Gasteiger partial charge < -0.3 is 14.8 Å². The van der Waals surface area contributed by atoms with E-state index in [1.54, 1.807) is 17.0 Å². The molecule has 6 rings (SSSR count). The van der Waals surface area contributed by atoms with E-state index in [0.29, 0.717) is 22.1 Å². The maximum absolute atomic E-state index is 9.95. The Bertz CT molecular complexity index is 1720. The Balaban J connectivity index is 1.58. The SMILES string of the molecule is Cn1c(=N)n(-c2cnc(N3CCNCC3)c(C#N)c2)c2c3cc(-c4ccc(Cl)cc4)ccc3ncc21. The molecule has 5 aromatic rings. The second-order valence-corrected chi connectivity index (χ2v) is 9.30. The molecule has 0 saturated carbocycles. The molecule has 178 valence electrons. The van der Waals surface area contributed by atoms with Gasteiger partial charge in [0, 0.05) is 43.6 Å². The number of rotatable bonds is 3. The van der Waals surface area contributed by atoms with E-state index in [1.165, 1.54) is 0 Å². The molecule has 2 N–H and O–H groups in total. The summed E-state index contributed by atoms with van der Waals surface area (Å²) in [5.74, 6) is 0.687. The van der Waals surface area contributed by atoms with Gasteiger partial charge in [-0.25, -0.2) is 4.98 Å². The van der Waals surface area contributed by atoms with Crippen LogP contribution < -0.4 is 15.8 Å². The van der Waals surface area contributed by atoms with Crippen molar-refractivity contribution in [1.82, 2.24) is 24.4 Å². The molecule has 0 bridgehead atoms. The molecule has 0 amide bonds. The van der Waals surface area contributed by atoms with E-state index >= 15 is 0 Å². The number of anilines is 1. The Labute approximate surface area is 212 Å². The average molecular weight is 495 g/mol. The fraction of sp³-hybridized carbons (Fsp3) is 0.185. The zero-order valence-corrected chi connectivity index (χ0v) is 20.4. The van der Waals surface area contributed by atoms with Crippen molar-refractivity contribution in [2.45, 2.75) is 0 Å². The van der Waals surface area contributed by atoms with Crippen LogP contribution in [0.2, 0.25) is 5.02 Å². The van der Waals surface area contributed by atoms with Gasteiger partial charge in [-0.05, 0) is 41.5 Å². The number of fused-ring (bicyclic) bond motifs is 3. The Morgan fingerprint density at radius 3 is 2.50 bits per heavy atom. The van der Waals surface area contributed by atoms with Crippen LogP contribution in [0.1, 0.15) is 5.56 Å². The highest BCUT2D eigenvalue weighted by molar-refractivity contribution is 6.30. The first kappa shape index (κ1) is 22.3. The van der Waals surface area contributed by atoms with E-state index in [1.807, 2.05) is 54.1 Å². The fourth-order valence-electron chi connectivity index (χ4n) is 4.87. The number of benzene rings is 2. The summed E-state index contributed by atoms with van der Waals surface area (Å²) in [6, 6.07) is 18.0. The molecule has 0 spiro atoms. The van der Waals surface area contributed by atoms with Gasteiger partial charge in [-0.3, -0.25) is 15.0 Å². The summed E-state index contributed by atoms with van der Waals surface area (Å²) in [7, 11) is 1.85. The lowest BCUT2D eigenvalue weighted by Gasteiger charge is -2.29. The summed E-state index contributed by atoms with van der Waals surface area (Å²) in [4.78, 5) is 11.5. The third-order valence-electron chi connectivity index (χ3n) is 6.76. The third kappa shape index (κ3) is 3.61. The van der Waals surface area contributed by atoms with Crippen molar-refractivity contribution in [3.05, 3.63) is 77.1 Å². The minimum Gasteiger partial charge on any atom is -0.353 e. The van der Waals surface area contributed by atoms with Crippen LogP contribution in [0.15, 0.2) is 60.9 Å². The van der Waals surface area contributed by atoms with Crippen LogP contribution in [0.5, 0.6) is 0 Å². The van der Waals surface area contributed by atoms with Gasteiger partial charge in [-0.15, -0.1) is 0 Å². The highest BCUT2D eigenvalue weighted by atomic mass is 35.5. The summed E-state index contributed by atoms with van der Waals surface area (Å²) in [6.07, 6.45) is 3.55. The van der Waals surface area contributed by atoms with Gasteiger partial charge in [0.05, 0.1) is 40.2 Å². The summed E-state index contributed by atoms with van der Waals surface area (Å²) in [6.45, 7) is 3.32. The average Bonchev–Trinajstić information content (AvgIpc) is 3.19. The molecule has 0 aliphatic carbocycles. The molecule has 1 aliphatic rings. The van der Waals surface area contributed by atoms with Crippen LogP contribution in [0.25, 0.3) is 38.8 Å². The van der Waals surface area contributed by atoms with Crippen molar-refractivity contribution in [2.75, 3.05) is 31.1 Å². The lowest BCUT2D eigenvalue weighted by atomic mass is 10.0. The number of aromatic nitrogens is 4. The maximum Gasteiger partial charge on any atom is 0.207 e. The lowest BCUT2D eigenvalue weighted by molar-refractivity contribution is 0.584. The molecule has 9 heteroatoms. The number of imidazole rings is 1. The molecular formula is C27H23ClN8. The second-order valence-electron chi connectivity index (χ2n) is 8.86. The quantitative estimate of drug-likeness (QED) is 0.395. The van der Waals surface area contributed by atoms with Gasteiger partial charge in [0.25, 0.3) is 0 Å². The van der Waals surface area contributed by atoms with Crippen molar-refractivity contribution in [2.24, 2.45) is 7.05 Å². The molecule has 36 heavy (non-hydrogen) atoms. The molecule has 4 heterocycles. The molecule has 3 aromatic heterocycles. The van der Waals surface area contributed by atoms with E-state index in [0.717, 1.165) is 59.2 Å². The largest absolute Gasteiger partial charge is 0.353 e. The summed E-state index contributed by atoms with van der Waals surface area (Å²) < 4.78 is 3.65. The Morgan fingerprint density at radius 2 is 1.75 bits per heavy atom. The first-order chi connectivity index (χ1) is 17.5. The molecule has 0 atom stereocenters. The van der Waals surface area contributed by atoms with E-state index in [2.05, 4.69) is 27.3 Å². The van der Waals surface area contributed by atoms with Crippen LogP contribution in [-0.4, -0.2) is 45.3 Å². The minimum atomic E-state index is 0.275. The highest BCUT2D eigenvalue weighted by Gasteiger charge is 2.19. The van der Waals surface area contributed by atoms with Crippen LogP contribution in [0.4, 0.5) is 5.82 Å². The fourth-order valence-corrected chi connectivity index (χ4v) is 5.00. The maximum atomic E-state index is 9.95. The lowest BCUT2D eigenvalue weighted by Crippen LogP contribution is -2.44. The Kier molecular flexibility index (Phi) is 5.44. The summed E-state index contributed by atoms with van der Waals surface area (Å²) in [5, 5.41) is 23.8. The number of nitrogens with one attached hydrogen (secondary N) is 2. The molecule has 1 saturated heterocycles. The molecule has 0 unspecified atom stereocenters. The normalized spacial score (nSPS) is 13.9. The number of hydrogen-bond donors (Lipinski definition) is 2. The third-order valence-corrected chi connectivity index (χ3v) is 7.01. The predicted molar refractivity (Wildman–Crippen MR) is 141 cm³/mol. The molecule has 1 aliphatic heterocycles. The topological polar surface area (TPSA) is 98.5 Å². The number of nitrogens with zero attached hydrogens (tertiary/aromatic N) is 6. The predicted octanol–water partition coefficient (Wildman–Crippen LogP) is 3.99. The molecule has 2 aromatic carbocycles. The first-order valence-corrected chi connectivity index (χ1v) is 12.1. The standard InChI is InChI=1S/C27H23ClN8/c1-34-24-16-32-23-7-4-18(17-2-5-20(28)6-3-17)13-22(23)25(24)36(27(34)30)21-12-19(14-29)26(33-15-21)35-10-8-31-9-11-35/h2-7,12-13,15-16,30-31H,8-11H2,1H3. The van der Waals surface area contributed by atoms with Gasteiger partial charge in [0.1, 0.15) is 11.9 Å². The van der Waals surface area contributed by atoms with Crippen molar-refractivity contribution in [3.63, 3.8) is 0 Å². The molecule has 0 radical (unpaired) electrons. The Hall–Kier alpha value is -4.19. The van der Waals surface area contributed by atoms with Crippen molar-refractivity contribution < 1.29 is 0 Å². The monoisotopic (exact) mass is 494 g/mol. The summed E-state index contributed by atoms with van der Waals surface area (Å²) >= 11 is 6.09. The van der Waals surface area contributed by atoms with Crippen molar-refractivity contribution >= 4 is 39.4 Å². The van der Waals surface area contributed by atoms with Crippen LogP contribution in [-0.2, 0) is 7.05 Å². The first-order valence-electron chi connectivity index (χ1n) is 11.7. The smallest absolute Gasteiger partial charge is 0.207 e. The number of pyridine rings is 2. The second kappa shape index (κ2) is 8.79. The van der Waals surface area contributed by atoms with Gasteiger partial charge >= 0.3 is 0 Å². The van der Waals surface area contributed by atoms with Gasteiger partial charge in [0.2, 0.25) is 5.62 Å². The van der Waals surface area contributed by atoms with E-state index in [-0.39, 0.29) is 5.62 Å².